The summed E-state index contributed by atoms with van der Waals surface area (Å²) in [7, 11) is 0. The van der Waals surface area contributed by atoms with Gasteiger partial charge >= 0.3 is 0 Å². The molecule has 1 unspecified atom stereocenters. The molecule has 54 heavy (non-hydrogen) atoms. The SMILES string of the molecule is C1=CC2CC(c3c4ccccc4c(-c4ccc5oc6cc7ccc8c9ccccc9sc8c7cc6c5c4)c4ccccc34)=CC=C2C=C1c1ccccc1. The van der Waals surface area contributed by atoms with Crippen LogP contribution in [-0.2, 0) is 0 Å². The maximum Gasteiger partial charge on any atom is 0.136 e. The Labute approximate surface area is 316 Å². The van der Waals surface area contributed by atoms with Crippen LogP contribution in [0.4, 0.5) is 0 Å². The molecule has 8 aromatic carbocycles. The van der Waals surface area contributed by atoms with Gasteiger partial charge in [0.25, 0.3) is 0 Å². The number of hydrogen-bond donors (Lipinski definition) is 0. The molecule has 10 aromatic rings. The summed E-state index contributed by atoms with van der Waals surface area (Å²) in [6, 6.07) is 53.3. The number of furan rings is 1. The van der Waals surface area contributed by atoms with E-state index in [2.05, 4.69) is 176 Å². The molecule has 1 atom stereocenters. The van der Waals surface area contributed by atoms with Gasteiger partial charge in [-0.25, -0.2) is 0 Å². The van der Waals surface area contributed by atoms with E-state index >= 15 is 0 Å². The van der Waals surface area contributed by atoms with E-state index in [1.807, 2.05) is 11.3 Å². The fraction of sp³-hybridized carbons (Fsp3) is 0.0385. The summed E-state index contributed by atoms with van der Waals surface area (Å²) in [4.78, 5) is 0. The molecule has 12 rings (SSSR count). The van der Waals surface area contributed by atoms with Crippen molar-refractivity contribution >= 4 is 96.9 Å². The Morgan fingerprint density at radius 2 is 1.20 bits per heavy atom. The second kappa shape index (κ2) is 11.5. The van der Waals surface area contributed by atoms with Crippen molar-refractivity contribution in [3.05, 3.63) is 193 Å². The lowest BCUT2D eigenvalue weighted by Gasteiger charge is -2.26. The Hall–Kier alpha value is -6.48. The van der Waals surface area contributed by atoms with Crippen LogP contribution in [0, 0.1) is 5.92 Å². The van der Waals surface area contributed by atoms with Crippen molar-refractivity contribution in [2.24, 2.45) is 5.92 Å². The first kappa shape index (κ1) is 30.0. The minimum Gasteiger partial charge on any atom is -0.456 e. The van der Waals surface area contributed by atoms with Crippen LogP contribution in [-0.4, -0.2) is 0 Å². The first-order chi connectivity index (χ1) is 26.7. The second-order valence-corrected chi connectivity index (χ2v) is 15.8. The normalized spacial score (nSPS) is 15.8. The third-order valence-corrected chi connectivity index (χ3v) is 13.0. The smallest absolute Gasteiger partial charge is 0.136 e. The van der Waals surface area contributed by atoms with E-state index in [1.54, 1.807) is 0 Å². The summed E-state index contributed by atoms with van der Waals surface area (Å²) >= 11 is 1.88. The fourth-order valence-electron chi connectivity index (χ4n) is 9.24. The Morgan fingerprint density at radius 1 is 0.500 bits per heavy atom. The zero-order chi connectivity index (χ0) is 35.3. The predicted octanol–water partition coefficient (Wildman–Crippen LogP) is 15.1. The second-order valence-electron chi connectivity index (χ2n) is 14.8. The van der Waals surface area contributed by atoms with Gasteiger partial charge in [0.15, 0.2) is 0 Å². The van der Waals surface area contributed by atoms with Crippen molar-refractivity contribution in [1.82, 2.24) is 0 Å². The van der Waals surface area contributed by atoms with Crippen LogP contribution in [0.25, 0.3) is 96.7 Å². The van der Waals surface area contributed by atoms with Crippen molar-refractivity contribution in [3.63, 3.8) is 0 Å². The highest BCUT2D eigenvalue weighted by atomic mass is 32.1. The molecule has 0 aliphatic heterocycles. The van der Waals surface area contributed by atoms with Crippen molar-refractivity contribution in [3.8, 4) is 11.1 Å². The Balaban J connectivity index is 1.05. The van der Waals surface area contributed by atoms with Gasteiger partial charge in [-0.3, -0.25) is 0 Å². The van der Waals surface area contributed by atoms with E-state index in [-0.39, 0.29) is 0 Å². The number of benzene rings is 8. The minimum absolute atomic E-state index is 0.358. The minimum atomic E-state index is 0.358. The first-order valence-electron chi connectivity index (χ1n) is 18.8. The van der Waals surface area contributed by atoms with E-state index in [0.717, 1.165) is 28.4 Å². The van der Waals surface area contributed by atoms with Gasteiger partial charge in [-0.15, -0.1) is 11.3 Å². The lowest BCUT2D eigenvalue weighted by molar-refractivity contribution is 0.669. The zero-order valence-corrected chi connectivity index (χ0v) is 30.2. The standard InChI is InChI=1S/C52H32OS/c1-2-10-31(11-3-1)32-18-19-34-27-36(21-20-33(34)26-32)50-39-13-4-6-15-41(39)51(42-16-7-5-14-40(42)50)37-23-25-47-45(28-37)46-30-44-35(29-48(46)53-47)22-24-43-38-12-8-9-17-49(38)54-52(43)44/h1-26,28-30,34H,27H2. The summed E-state index contributed by atoms with van der Waals surface area (Å²) < 4.78 is 9.21. The molecule has 0 fully saturated rings. The molecule has 2 aliphatic carbocycles. The van der Waals surface area contributed by atoms with Crippen LogP contribution in [0.1, 0.15) is 17.5 Å². The summed E-state index contributed by atoms with van der Waals surface area (Å²) in [5.41, 5.74) is 11.0. The molecule has 2 aromatic heterocycles. The molecule has 1 nitrogen and oxygen atoms in total. The topological polar surface area (TPSA) is 13.1 Å². The molecule has 0 amide bonds. The number of fused-ring (bicyclic) bond motifs is 11. The maximum absolute atomic E-state index is 6.55. The van der Waals surface area contributed by atoms with Crippen LogP contribution in [0.5, 0.6) is 0 Å². The number of rotatable bonds is 3. The van der Waals surface area contributed by atoms with Gasteiger partial charge in [-0.05, 0) is 103 Å². The van der Waals surface area contributed by atoms with Crippen LogP contribution in [0.3, 0.4) is 0 Å². The van der Waals surface area contributed by atoms with Gasteiger partial charge in [-0.1, -0.05) is 146 Å². The summed E-state index contributed by atoms with van der Waals surface area (Å²) in [5.74, 6) is 0.358. The van der Waals surface area contributed by atoms with E-state index < -0.39 is 0 Å². The van der Waals surface area contributed by atoms with Crippen molar-refractivity contribution in [2.75, 3.05) is 0 Å². The highest BCUT2D eigenvalue weighted by Gasteiger charge is 2.24. The highest BCUT2D eigenvalue weighted by Crippen LogP contribution is 2.47. The van der Waals surface area contributed by atoms with E-state index in [1.165, 1.54) is 91.5 Å². The third-order valence-electron chi connectivity index (χ3n) is 11.8. The number of thiophene rings is 1. The van der Waals surface area contributed by atoms with Gasteiger partial charge in [0, 0.05) is 42.2 Å². The quantitative estimate of drug-likeness (QED) is 0.167. The molecular weight excluding hydrogens is 673 g/mol. The monoisotopic (exact) mass is 704 g/mol. The molecule has 0 radical (unpaired) electrons. The van der Waals surface area contributed by atoms with E-state index in [4.69, 9.17) is 4.42 Å². The average Bonchev–Trinajstić information content (AvgIpc) is 3.79. The highest BCUT2D eigenvalue weighted by molar-refractivity contribution is 7.26. The molecule has 0 bridgehead atoms. The molecule has 2 heteroatoms. The molecule has 0 saturated heterocycles. The van der Waals surface area contributed by atoms with Crippen LogP contribution >= 0.6 is 11.3 Å². The first-order valence-corrected chi connectivity index (χ1v) is 19.6. The van der Waals surface area contributed by atoms with Crippen molar-refractivity contribution < 1.29 is 4.42 Å². The van der Waals surface area contributed by atoms with Gasteiger partial charge < -0.3 is 4.42 Å². The zero-order valence-electron chi connectivity index (χ0n) is 29.3. The molecule has 0 N–H and O–H groups in total. The van der Waals surface area contributed by atoms with E-state index in [0.29, 0.717) is 5.92 Å². The lowest BCUT2D eigenvalue weighted by atomic mass is 9.77. The third kappa shape index (κ3) is 4.44. The van der Waals surface area contributed by atoms with Crippen LogP contribution in [0.15, 0.2) is 186 Å². The number of hydrogen-bond acceptors (Lipinski definition) is 2. The largest absolute Gasteiger partial charge is 0.456 e. The fourth-order valence-corrected chi connectivity index (χ4v) is 10.5. The van der Waals surface area contributed by atoms with Crippen LogP contribution < -0.4 is 0 Å². The van der Waals surface area contributed by atoms with Gasteiger partial charge in [0.1, 0.15) is 11.2 Å². The molecule has 2 aliphatic rings. The Kier molecular flexibility index (Phi) is 6.40. The molecule has 0 spiro atoms. The Bertz CT molecular complexity index is 3290. The molecule has 252 valence electrons. The van der Waals surface area contributed by atoms with Gasteiger partial charge in [0.2, 0.25) is 0 Å². The summed E-state index contributed by atoms with van der Waals surface area (Å²) in [6.07, 6.45) is 12.8. The van der Waals surface area contributed by atoms with Crippen molar-refractivity contribution in [1.29, 1.82) is 0 Å². The maximum atomic E-state index is 6.55. The predicted molar refractivity (Wildman–Crippen MR) is 232 cm³/mol. The van der Waals surface area contributed by atoms with Gasteiger partial charge in [0.05, 0.1) is 0 Å². The molecule has 2 heterocycles. The van der Waals surface area contributed by atoms with E-state index in [9.17, 15) is 0 Å². The van der Waals surface area contributed by atoms with Crippen LogP contribution in [0.2, 0.25) is 0 Å². The van der Waals surface area contributed by atoms with Gasteiger partial charge in [-0.2, -0.15) is 0 Å². The molecular formula is C52H32OS. The number of allylic oxidation sites excluding steroid dienone is 8. The summed E-state index contributed by atoms with van der Waals surface area (Å²) in [5, 5.41) is 12.6. The average molecular weight is 705 g/mol. The summed E-state index contributed by atoms with van der Waals surface area (Å²) in [6.45, 7) is 0. The lowest BCUT2D eigenvalue weighted by Crippen LogP contribution is -2.09. The molecule has 0 saturated carbocycles. The van der Waals surface area contributed by atoms with Crippen molar-refractivity contribution in [2.45, 2.75) is 6.42 Å². The Morgan fingerprint density at radius 3 is 2.00 bits per heavy atom.